The van der Waals surface area contributed by atoms with Gasteiger partial charge in [0.15, 0.2) is 24.4 Å². The van der Waals surface area contributed by atoms with Gasteiger partial charge in [0, 0.05) is 16.1 Å². The number of ether oxygens (including phenoxy) is 2. The molecule has 1 N–H and O–H groups in total. The minimum atomic E-state index is -0.130. The van der Waals surface area contributed by atoms with E-state index in [1.54, 1.807) is 12.1 Å². The van der Waals surface area contributed by atoms with E-state index in [-0.39, 0.29) is 18.6 Å². The minimum absolute atomic E-state index is 0.0660. The maximum absolute atomic E-state index is 12.0. The highest BCUT2D eigenvalue weighted by Crippen LogP contribution is 2.33. The molecule has 0 aliphatic heterocycles. The molecule has 0 saturated heterocycles. The van der Waals surface area contributed by atoms with Crippen molar-refractivity contribution in [3.8, 4) is 11.5 Å². The van der Waals surface area contributed by atoms with Crippen LogP contribution in [0.15, 0.2) is 16.6 Å². The number of amides is 1. The van der Waals surface area contributed by atoms with E-state index in [0.717, 1.165) is 19.1 Å². The van der Waals surface area contributed by atoms with Gasteiger partial charge >= 0.3 is 0 Å². The molecule has 1 aliphatic rings. The SMILES string of the molecule is CCOc1cc(C=O)c(Br)cc1OCC(=O)NC1CCCCC1. The van der Waals surface area contributed by atoms with E-state index in [2.05, 4.69) is 21.2 Å². The van der Waals surface area contributed by atoms with Gasteiger partial charge < -0.3 is 14.8 Å². The molecule has 5 nitrogen and oxygen atoms in total. The third-order valence-electron chi connectivity index (χ3n) is 3.82. The van der Waals surface area contributed by atoms with Crippen LogP contribution < -0.4 is 14.8 Å². The van der Waals surface area contributed by atoms with Gasteiger partial charge in [-0.3, -0.25) is 9.59 Å². The second-order valence-corrected chi connectivity index (χ2v) is 6.42. The molecule has 1 aliphatic carbocycles. The Hall–Kier alpha value is -1.56. The van der Waals surface area contributed by atoms with E-state index in [4.69, 9.17) is 9.47 Å². The van der Waals surface area contributed by atoms with Crippen molar-refractivity contribution in [2.75, 3.05) is 13.2 Å². The van der Waals surface area contributed by atoms with Crippen molar-refractivity contribution >= 4 is 28.1 Å². The molecule has 0 atom stereocenters. The van der Waals surface area contributed by atoms with E-state index >= 15 is 0 Å². The molecule has 23 heavy (non-hydrogen) atoms. The summed E-state index contributed by atoms with van der Waals surface area (Å²) in [6.45, 7) is 2.23. The lowest BCUT2D eigenvalue weighted by Gasteiger charge is -2.22. The van der Waals surface area contributed by atoms with Gasteiger partial charge in [0.25, 0.3) is 5.91 Å². The Balaban J connectivity index is 1.96. The number of benzene rings is 1. The fourth-order valence-corrected chi connectivity index (χ4v) is 3.10. The third-order valence-corrected chi connectivity index (χ3v) is 4.51. The molecule has 0 radical (unpaired) electrons. The Labute approximate surface area is 144 Å². The lowest BCUT2D eigenvalue weighted by Crippen LogP contribution is -2.39. The summed E-state index contributed by atoms with van der Waals surface area (Å²) in [5.41, 5.74) is 0.479. The van der Waals surface area contributed by atoms with Crippen LogP contribution in [-0.4, -0.2) is 31.4 Å². The van der Waals surface area contributed by atoms with Gasteiger partial charge in [-0.1, -0.05) is 19.3 Å². The van der Waals surface area contributed by atoms with Crippen LogP contribution >= 0.6 is 15.9 Å². The Kier molecular flexibility index (Phi) is 6.89. The van der Waals surface area contributed by atoms with Gasteiger partial charge in [-0.15, -0.1) is 0 Å². The number of halogens is 1. The predicted octanol–water partition coefficient (Wildman–Crippen LogP) is 3.49. The third kappa shape index (κ3) is 5.23. The first-order chi connectivity index (χ1) is 11.1. The molecule has 1 fully saturated rings. The molecule has 6 heteroatoms. The topological polar surface area (TPSA) is 64.6 Å². The van der Waals surface area contributed by atoms with Crippen LogP contribution in [0.1, 0.15) is 49.4 Å². The van der Waals surface area contributed by atoms with Gasteiger partial charge in [-0.2, -0.15) is 0 Å². The number of nitrogens with one attached hydrogen (secondary N) is 1. The highest BCUT2D eigenvalue weighted by molar-refractivity contribution is 9.10. The van der Waals surface area contributed by atoms with Crippen LogP contribution in [0.4, 0.5) is 0 Å². The van der Waals surface area contributed by atoms with Crippen molar-refractivity contribution in [3.05, 3.63) is 22.2 Å². The summed E-state index contributed by atoms with van der Waals surface area (Å²) in [6, 6.07) is 3.52. The second-order valence-electron chi connectivity index (χ2n) is 5.56. The number of hydrogen-bond acceptors (Lipinski definition) is 4. The van der Waals surface area contributed by atoms with Crippen molar-refractivity contribution in [1.82, 2.24) is 5.32 Å². The van der Waals surface area contributed by atoms with Crippen LogP contribution in [-0.2, 0) is 4.79 Å². The average molecular weight is 384 g/mol. The molecule has 2 rings (SSSR count). The van der Waals surface area contributed by atoms with Crippen LogP contribution in [0, 0.1) is 0 Å². The van der Waals surface area contributed by atoms with Crippen LogP contribution in [0.3, 0.4) is 0 Å². The van der Waals surface area contributed by atoms with Gasteiger partial charge in [0.1, 0.15) is 0 Å². The first-order valence-electron chi connectivity index (χ1n) is 7.97. The maximum atomic E-state index is 12.0. The predicted molar refractivity (Wildman–Crippen MR) is 91.2 cm³/mol. The maximum Gasteiger partial charge on any atom is 0.258 e. The van der Waals surface area contributed by atoms with Gasteiger partial charge in [-0.25, -0.2) is 0 Å². The zero-order valence-corrected chi connectivity index (χ0v) is 14.9. The molecule has 1 aromatic rings. The number of carbonyl (C=O) groups excluding carboxylic acids is 2. The quantitative estimate of drug-likeness (QED) is 0.731. The monoisotopic (exact) mass is 383 g/mol. The van der Waals surface area contributed by atoms with E-state index in [1.807, 2.05) is 6.92 Å². The number of rotatable bonds is 7. The first-order valence-corrected chi connectivity index (χ1v) is 8.77. The average Bonchev–Trinajstić information content (AvgIpc) is 2.56. The van der Waals surface area contributed by atoms with Gasteiger partial charge in [-0.05, 0) is 47.8 Å². The van der Waals surface area contributed by atoms with Crippen molar-refractivity contribution in [1.29, 1.82) is 0 Å². The van der Waals surface area contributed by atoms with E-state index in [0.29, 0.717) is 28.1 Å². The van der Waals surface area contributed by atoms with Crippen molar-refractivity contribution in [2.24, 2.45) is 0 Å². The molecule has 1 aromatic carbocycles. The lowest BCUT2D eigenvalue weighted by atomic mass is 9.95. The summed E-state index contributed by atoms with van der Waals surface area (Å²) in [4.78, 5) is 23.0. The molecule has 0 heterocycles. The van der Waals surface area contributed by atoms with Crippen LogP contribution in [0.2, 0.25) is 0 Å². The van der Waals surface area contributed by atoms with Crippen molar-refractivity contribution in [2.45, 2.75) is 45.1 Å². The number of hydrogen-bond donors (Lipinski definition) is 1. The normalized spacial score (nSPS) is 15.0. The summed E-state index contributed by atoms with van der Waals surface area (Å²) in [7, 11) is 0. The molecule has 0 spiro atoms. The van der Waals surface area contributed by atoms with E-state index in [1.165, 1.54) is 19.3 Å². The summed E-state index contributed by atoms with van der Waals surface area (Å²) in [6.07, 6.45) is 6.40. The van der Waals surface area contributed by atoms with Crippen molar-refractivity contribution in [3.63, 3.8) is 0 Å². The largest absolute Gasteiger partial charge is 0.490 e. The Morgan fingerprint density at radius 1 is 1.26 bits per heavy atom. The highest BCUT2D eigenvalue weighted by Gasteiger charge is 2.17. The summed E-state index contributed by atoms with van der Waals surface area (Å²) < 4.78 is 11.7. The molecule has 0 bridgehead atoms. The minimum Gasteiger partial charge on any atom is -0.490 e. The fraction of sp³-hybridized carbons (Fsp3) is 0.529. The molecule has 0 aromatic heterocycles. The van der Waals surface area contributed by atoms with Crippen LogP contribution in [0.25, 0.3) is 0 Å². The molecule has 0 unspecified atom stereocenters. The number of carbonyl (C=O) groups is 2. The summed E-state index contributed by atoms with van der Waals surface area (Å²) in [5, 5.41) is 3.01. The summed E-state index contributed by atoms with van der Waals surface area (Å²) in [5.74, 6) is 0.779. The zero-order chi connectivity index (χ0) is 16.7. The standard InChI is InChI=1S/C17H22BrNO4/c1-2-22-15-8-12(10-20)14(18)9-16(15)23-11-17(21)19-13-6-4-3-5-7-13/h8-10,13H,2-7,11H2,1H3,(H,19,21). The Morgan fingerprint density at radius 3 is 2.61 bits per heavy atom. The van der Waals surface area contributed by atoms with E-state index < -0.39 is 0 Å². The molecular weight excluding hydrogens is 362 g/mol. The van der Waals surface area contributed by atoms with Crippen molar-refractivity contribution < 1.29 is 19.1 Å². The second kappa shape index (κ2) is 8.91. The molecular formula is C17H22BrNO4. The fourth-order valence-electron chi connectivity index (χ4n) is 2.68. The smallest absolute Gasteiger partial charge is 0.258 e. The van der Waals surface area contributed by atoms with Crippen LogP contribution in [0.5, 0.6) is 11.5 Å². The lowest BCUT2D eigenvalue weighted by molar-refractivity contribution is -0.124. The highest BCUT2D eigenvalue weighted by atomic mass is 79.9. The molecule has 1 saturated carbocycles. The van der Waals surface area contributed by atoms with E-state index in [9.17, 15) is 9.59 Å². The molecule has 126 valence electrons. The zero-order valence-electron chi connectivity index (χ0n) is 13.3. The Morgan fingerprint density at radius 2 is 1.96 bits per heavy atom. The molecule has 1 amide bonds. The Bertz CT molecular complexity index is 556. The van der Waals surface area contributed by atoms with Gasteiger partial charge in [0.05, 0.1) is 6.61 Å². The number of aldehydes is 1. The summed E-state index contributed by atoms with van der Waals surface area (Å²) >= 11 is 3.31. The van der Waals surface area contributed by atoms with Gasteiger partial charge in [0.2, 0.25) is 0 Å². The first kappa shape index (κ1) is 17.8.